The third kappa shape index (κ3) is 4.35. The second-order valence-electron chi connectivity index (χ2n) is 7.48. The van der Waals surface area contributed by atoms with Crippen LogP contribution < -0.4 is 9.46 Å². The molecule has 3 aromatic rings. The van der Waals surface area contributed by atoms with E-state index in [1.54, 1.807) is 38.1 Å². The lowest BCUT2D eigenvalue weighted by Crippen LogP contribution is -2.16. The van der Waals surface area contributed by atoms with E-state index in [1.165, 1.54) is 6.07 Å². The number of anilines is 1. The van der Waals surface area contributed by atoms with Gasteiger partial charge in [0.2, 0.25) is 0 Å². The molecule has 1 unspecified atom stereocenters. The summed E-state index contributed by atoms with van der Waals surface area (Å²) in [6.45, 7) is 3.47. The molecular formula is C21H23N3O6S. The molecule has 3 N–H and O–H groups in total. The molecule has 9 nitrogen and oxygen atoms in total. The molecule has 0 saturated carbocycles. The van der Waals surface area contributed by atoms with Crippen LogP contribution in [0.2, 0.25) is 0 Å². The molecule has 2 heterocycles. The first-order valence-electron chi connectivity index (χ1n) is 9.83. The predicted octanol–water partition coefficient (Wildman–Crippen LogP) is 3.30. The van der Waals surface area contributed by atoms with Crippen molar-refractivity contribution in [2.75, 3.05) is 17.9 Å². The highest BCUT2D eigenvalue weighted by Gasteiger charge is 2.23. The number of carboxylic acid groups (broad SMARTS) is 1. The fraction of sp³-hybridized carbons (Fsp3) is 0.333. The van der Waals surface area contributed by atoms with E-state index in [1.807, 2.05) is 0 Å². The number of carbonyl (C=O) groups is 1. The number of aromatic nitrogens is 2. The number of hydrogen-bond acceptors (Lipinski definition) is 6. The van der Waals surface area contributed by atoms with E-state index in [2.05, 4.69) is 14.7 Å². The van der Waals surface area contributed by atoms with Crippen LogP contribution in [0.4, 0.5) is 5.69 Å². The van der Waals surface area contributed by atoms with Crippen molar-refractivity contribution in [2.24, 2.45) is 0 Å². The van der Waals surface area contributed by atoms with Gasteiger partial charge < -0.3 is 19.6 Å². The van der Waals surface area contributed by atoms with Crippen LogP contribution in [0.25, 0.3) is 11.0 Å². The zero-order valence-electron chi connectivity index (χ0n) is 17.1. The number of rotatable bonds is 7. The predicted molar refractivity (Wildman–Crippen MR) is 114 cm³/mol. The number of nitrogens with zero attached hydrogens (tertiary/aromatic N) is 1. The van der Waals surface area contributed by atoms with Crippen molar-refractivity contribution in [2.45, 2.75) is 37.7 Å². The van der Waals surface area contributed by atoms with Gasteiger partial charge in [0.25, 0.3) is 10.0 Å². The maximum Gasteiger partial charge on any atom is 0.341 e. The minimum atomic E-state index is -3.94. The molecule has 0 radical (unpaired) electrons. The summed E-state index contributed by atoms with van der Waals surface area (Å²) in [5, 5.41) is 8.87. The number of aromatic amines is 1. The van der Waals surface area contributed by atoms with Crippen LogP contribution in [0.1, 0.15) is 35.9 Å². The van der Waals surface area contributed by atoms with Gasteiger partial charge in [-0.05, 0) is 56.5 Å². The molecule has 0 spiro atoms. The number of sulfonamides is 1. The van der Waals surface area contributed by atoms with Crippen LogP contribution in [-0.4, -0.2) is 42.7 Å². The largest absolute Gasteiger partial charge is 0.481 e. The molecule has 2 aromatic carbocycles. The van der Waals surface area contributed by atoms with E-state index in [0.717, 1.165) is 24.2 Å². The van der Waals surface area contributed by atoms with E-state index in [0.29, 0.717) is 28.9 Å². The van der Waals surface area contributed by atoms with Crippen molar-refractivity contribution in [1.82, 2.24) is 9.97 Å². The molecule has 1 aromatic heterocycles. The summed E-state index contributed by atoms with van der Waals surface area (Å²) >= 11 is 0. The van der Waals surface area contributed by atoms with Gasteiger partial charge in [0.1, 0.15) is 17.7 Å². The van der Waals surface area contributed by atoms with Gasteiger partial charge >= 0.3 is 5.97 Å². The van der Waals surface area contributed by atoms with Gasteiger partial charge in [-0.25, -0.2) is 18.2 Å². The van der Waals surface area contributed by atoms with E-state index in [-0.39, 0.29) is 16.7 Å². The SMILES string of the molecule is Cc1ccc(S(=O)(=O)Nc2ccc3nc(C4CCCO4)[nH]c3c2)c(C)c1OCC(=O)O. The van der Waals surface area contributed by atoms with Gasteiger partial charge in [-0.1, -0.05) is 6.07 Å². The summed E-state index contributed by atoms with van der Waals surface area (Å²) in [6.07, 6.45) is 1.83. The topological polar surface area (TPSA) is 131 Å². The molecule has 1 aliphatic heterocycles. The Balaban J connectivity index is 1.61. The number of fused-ring (bicyclic) bond motifs is 1. The second kappa shape index (κ2) is 8.20. The number of imidazole rings is 1. The Bertz CT molecular complexity index is 1250. The average Bonchev–Trinajstić information content (AvgIpc) is 3.36. The summed E-state index contributed by atoms with van der Waals surface area (Å²) in [4.78, 5) is 18.6. The lowest BCUT2D eigenvalue weighted by Gasteiger charge is -2.15. The van der Waals surface area contributed by atoms with Crippen LogP contribution in [0.3, 0.4) is 0 Å². The maximum atomic E-state index is 13.0. The van der Waals surface area contributed by atoms with Crippen molar-refractivity contribution < 1.29 is 27.8 Å². The van der Waals surface area contributed by atoms with Gasteiger partial charge in [-0.3, -0.25) is 4.72 Å². The summed E-state index contributed by atoms with van der Waals surface area (Å²) in [7, 11) is -3.94. The fourth-order valence-corrected chi connectivity index (χ4v) is 5.00. The van der Waals surface area contributed by atoms with Gasteiger partial charge in [0, 0.05) is 12.2 Å². The van der Waals surface area contributed by atoms with E-state index in [9.17, 15) is 13.2 Å². The zero-order valence-corrected chi connectivity index (χ0v) is 18.0. The van der Waals surface area contributed by atoms with Crippen molar-refractivity contribution in [3.8, 4) is 5.75 Å². The molecule has 10 heteroatoms. The van der Waals surface area contributed by atoms with Crippen molar-refractivity contribution in [3.63, 3.8) is 0 Å². The van der Waals surface area contributed by atoms with Gasteiger partial charge in [-0.2, -0.15) is 0 Å². The molecule has 0 bridgehead atoms. The van der Waals surface area contributed by atoms with Crippen LogP contribution in [0.15, 0.2) is 35.2 Å². The standard InChI is InChI=1S/C21H23N3O6S/c1-12-5-8-18(13(2)20(12)30-11-19(25)26)31(27,28)24-14-6-7-15-16(10-14)23-21(22-15)17-4-3-9-29-17/h5-8,10,17,24H,3-4,9,11H2,1-2H3,(H,22,23)(H,25,26). The molecule has 1 aliphatic rings. The Kier molecular flexibility index (Phi) is 5.59. The molecular weight excluding hydrogens is 422 g/mol. The Labute approximate surface area is 179 Å². The minimum absolute atomic E-state index is 0.0169. The smallest absolute Gasteiger partial charge is 0.341 e. The van der Waals surface area contributed by atoms with Crippen molar-refractivity contribution >= 4 is 32.7 Å². The lowest BCUT2D eigenvalue weighted by molar-refractivity contribution is -0.139. The second-order valence-corrected chi connectivity index (χ2v) is 9.13. The Morgan fingerprint density at radius 2 is 2.13 bits per heavy atom. The molecule has 1 atom stereocenters. The first-order valence-corrected chi connectivity index (χ1v) is 11.3. The van der Waals surface area contributed by atoms with Crippen molar-refractivity contribution in [1.29, 1.82) is 0 Å². The van der Waals surface area contributed by atoms with Crippen molar-refractivity contribution in [3.05, 3.63) is 47.3 Å². The minimum Gasteiger partial charge on any atom is -0.481 e. The number of ether oxygens (including phenoxy) is 2. The summed E-state index contributed by atoms with van der Waals surface area (Å²) in [5.74, 6) is -0.155. The maximum absolute atomic E-state index is 13.0. The molecule has 0 amide bonds. The summed E-state index contributed by atoms with van der Waals surface area (Å²) in [6, 6.07) is 8.14. The number of nitrogens with one attached hydrogen (secondary N) is 2. The molecule has 164 valence electrons. The highest BCUT2D eigenvalue weighted by atomic mass is 32.2. The molecule has 0 aliphatic carbocycles. The average molecular weight is 445 g/mol. The number of aliphatic carboxylic acids is 1. The van der Waals surface area contributed by atoms with Crippen LogP contribution in [0, 0.1) is 13.8 Å². The fourth-order valence-electron chi connectivity index (χ4n) is 3.70. The number of carboxylic acids is 1. The Morgan fingerprint density at radius 3 is 2.84 bits per heavy atom. The van der Waals surface area contributed by atoms with E-state index in [4.69, 9.17) is 14.6 Å². The third-order valence-electron chi connectivity index (χ3n) is 5.17. The number of benzene rings is 2. The third-order valence-corrected chi connectivity index (χ3v) is 6.70. The highest BCUT2D eigenvalue weighted by molar-refractivity contribution is 7.92. The van der Waals surface area contributed by atoms with Crippen LogP contribution >= 0.6 is 0 Å². The van der Waals surface area contributed by atoms with Crippen LogP contribution in [-0.2, 0) is 19.6 Å². The quantitative estimate of drug-likeness (QED) is 0.508. The highest BCUT2D eigenvalue weighted by Crippen LogP contribution is 2.32. The Hall–Kier alpha value is -3.11. The number of H-pyrrole nitrogens is 1. The van der Waals surface area contributed by atoms with Gasteiger partial charge in [-0.15, -0.1) is 0 Å². The van der Waals surface area contributed by atoms with E-state index >= 15 is 0 Å². The number of hydrogen-bond donors (Lipinski definition) is 3. The first-order chi connectivity index (χ1) is 14.7. The van der Waals surface area contributed by atoms with Crippen LogP contribution in [0.5, 0.6) is 5.75 Å². The zero-order chi connectivity index (χ0) is 22.2. The molecule has 31 heavy (non-hydrogen) atoms. The summed E-state index contributed by atoms with van der Waals surface area (Å²) in [5.41, 5.74) is 2.81. The Morgan fingerprint density at radius 1 is 1.32 bits per heavy atom. The summed E-state index contributed by atoms with van der Waals surface area (Å²) < 4.78 is 39.6. The molecule has 4 rings (SSSR count). The molecule has 1 fully saturated rings. The lowest BCUT2D eigenvalue weighted by atomic mass is 10.1. The van der Waals surface area contributed by atoms with E-state index < -0.39 is 22.6 Å². The molecule has 1 saturated heterocycles. The van der Waals surface area contributed by atoms with Gasteiger partial charge in [0.15, 0.2) is 6.61 Å². The monoisotopic (exact) mass is 445 g/mol. The number of aryl methyl sites for hydroxylation is 1. The van der Waals surface area contributed by atoms with Gasteiger partial charge in [0.05, 0.1) is 21.6 Å². The first kappa shape index (κ1) is 21.1. The normalized spacial score (nSPS) is 16.5.